The van der Waals surface area contributed by atoms with Gasteiger partial charge in [0.05, 0.1) is 5.69 Å². The molecule has 1 N–H and O–H groups in total. The van der Waals surface area contributed by atoms with Crippen LogP contribution in [0.5, 0.6) is 0 Å². The van der Waals surface area contributed by atoms with Crippen LogP contribution in [0.1, 0.15) is 61.3 Å². The number of nitrogens with zero attached hydrogens (tertiary/aromatic N) is 1. The zero-order chi connectivity index (χ0) is 16.1. The van der Waals surface area contributed by atoms with Crippen molar-refractivity contribution in [3.8, 4) is 0 Å². The average Bonchev–Trinajstić information content (AvgIpc) is 2.88. The molecule has 22 heavy (non-hydrogen) atoms. The van der Waals surface area contributed by atoms with Gasteiger partial charge in [-0.25, -0.2) is 4.79 Å². The standard InChI is InChI=1S/C16H24N2O4/c1-4-12-15(11(3)22-18-12)16(20)21-9-14(19)17-13-8-6-5-7-10(13)2/h10,13H,4-9H2,1-3H3,(H,17,19)/t10-,13-/m1/s1. The lowest BCUT2D eigenvalue weighted by atomic mass is 9.86. The Bertz CT molecular complexity index is 538. The first-order valence-corrected chi connectivity index (χ1v) is 7.94. The van der Waals surface area contributed by atoms with E-state index < -0.39 is 5.97 Å². The molecule has 1 aliphatic rings. The van der Waals surface area contributed by atoms with Crippen molar-refractivity contribution in [3.63, 3.8) is 0 Å². The number of esters is 1. The lowest BCUT2D eigenvalue weighted by Gasteiger charge is -2.29. The van der Waals surface area contributed by atoms with Gasteiger partial charge in [-0.15, -0.1) is 0 Å². The summed E-state index contributed by atoms with van der Waals surface area (Å²) < 4.78 is 10.1. The van der Waals surface area contributed by atoms with Gasteiger partial charge in [-0.05, 0) is 32.1 Å². The molecule has 1 fully saturated rings. The molecule has 1 aromatic heterocycles. The molecule has 6 nitrogen and oxygen atoms in total. The summed E-state index contributed by atoms with van der Waals surface area (Å²) in [5.41, 5.74) is 0.894. The van der Waals surface area contributed by atoms with Gasteiger partial charge in [0.1, 0.15) is 11.3 Å². The third kappa shape index (κ3) is 3.87. The van der Waals surface area contributed by atoms with Crippen molar-refractivity contribution in [2.75, 3.05) is 6.61 Å². The van der Waals surface area contributed by atoms with E-state index in [1.807, 2.05) is 6.92 Å². The second kappa shape index (κ2) is 7.42. The molecule has 1 aliphatic carbocycles. The first-order valence-electron chi connectivity index (χ1n) is 7.94. The lowest BCUT2D eigenvalue weighted by Crippen LogP contribution is -2.42. The smallest absolute Gasteiger partial charge is 0.344 e. The first-order chi connectivity index (χ1) is 10.5. The van der Waals surface area contributed by atoms with Gasteiger partial charge >= 0.3 is 5.97 Å². The first kappa shape index (κ1) is 16.5. The highest BCUT2D eigenvalue weighted by molar-refractivity contribution is 5.93. The maximum Gasteiger partial charge on any atom is 0.344 e. The van der Waals surface area contributed by atoms with Gasteiger partial charge in [-0.2, -0.15) is 0 Å². The molecule has 1 aromatic rings. The Labute approximate surface area is 130 Å². The number of nitrogens with one attached hydrogen (secondary N) is 1. The molecule has 2 rings (SSSR count). The Morgan fingerprint density at radius 3 is 2.77 bits per heavy atom. The van der Waals surface area contributed by atoms with Gasteiger partial charge < -0.3 is 14.6 Å². The molecule has 0 aromatic carbocycles. The Hall–Kier alpha value is -1.85. The highest BCUT2D eigenvalue weighted by Gasteiger charge is 2.24. The molecular formula is C16H24N2O4. The van der Waals surface area contributed by atoms with Crippen LogP contribution in [0.3, 0.4) is 0 Å². The molecule has 1 amide bonds. The number of carbonyl (C=O) groups excluding carboxylic acids is 2. The second-order valence-corrected chi connectivity index (χ2v) is 5.93. The number of hydrogen-bond donors (Lipinski definition) is 1. The van der Waals surface area contributed by atoms with Gasteiger partial charge in [-0.1, -0.05) is 31.8 Å². The molecule has 1 saturated carbocycles. The molecule has 1 heterocycles. The molecule has 0 radical (unpaired) electrons. The predicted octanol–water partition coefficient (Wildman–Crippen LogP) is 2.40. The summed E-state index contributed by atoms with van der Waals surface area (Å²) in [6.45, 7) is 5.41. The molecule has 0 aliphatic heterocycles. The zero-order valence-corrected chi connectivity index (χ0v) is 13.5. The van der Waals surface area contributed by atoms with Crippen LogP contribution in [0.2, 0.25) is 0 Å². The van der Waals surface area contributed by atoms with Crippen LogP contribution in [0.15, 0.2) is 4.52 Å². The number of carbonyl (C=O) groups is 2. The van der Waals surface area contributed by atoms with Crippen LogP contribution in [-0.4, -0.2) is 29.7 Å². The molecular weight excluding hydrogens is 284 g/mol. The summed E-state index contributed by atoms with van der Waals surface area (Å²) in [5.74, 6) is 0.0882. The summed E-state index contributed by atoms with van der Waals surface area (Å²) in [7, 11) is 0. The van der Waals surface area contributed by atoms with Gasteiger partial charge in [-0.3, -0.25) is 4.79 Å². The molecule has 0 spiro atoms. The third-order valence-electron chi connectivity index (χ3n) is 4.26. The van der Waals surface area contributed by atoms with E-state index in [1.54, 1.807) is 6.92 Å². The SMILES string of the molecule is CCc1noc(C)c1C(=O)OCC(=O)N[C@@H]1CCCC[C@H]1C. The average molecular weight is 308 g/mol. The van der Waals surface area contributed by atoms with Crippen LogP contribution in [-0.2, 0) is 16.0 Å². The molecule has 2 atom stereocenters. The largest absolute Gasteiger partial charge is 0.452 e. The number of aromatic nitrogens is 1. The summed E-state index contributed by atoms with van der Waals surface area (Å²) >= 11 is 0. The topological polar surface area (TPSA) is 81.4 Å². The summed E-state index contributed by atoms with van der Waals surface area (Å²) in [5, 5.41) is 6.77. The summed E-state index contributed by atoms with van der Waals surface area (Å²) in [6.07, 6.45) is 5.05. The highest BCUT2D eigenvalue weighted by atomic mass is 16.5. The fourth-order valence-corrected chi connectivity index (χ4v) is 2.90. The van der Waals surface area contributed by atoms with Gasteiger partial charge in [0.15, 0.2) is 6.61 Å². The number of aryl methyl sites for hydroxylation is 2. The van der Waals surface area contributed by atoms with E-state index in [1.165, 1.54) is 6.42 Å². The Balaban J connectivity index is 1.85. The quantitative estimate of drug-likeness (QED) is 0.845. The van der Waals surface area contributed by atoms with Crippen LogP contribution >= 0.6 is 0 Å². The zero-order valence-electron chi connectivity index (χ0n) is 13.5. The van der Waals surface area contributed by atoms with E-state index in [-0.39, 0.29) is 18.6 Å². The Kier molecular flexibility index (Phi) is 5.57. The normalized spacial score (nSPS) is 21.4. The number of hydrogen-bond acceptors (Lipinski definition) is 5. The van der Waals surface area contributed by atoms with Crippen molar-refractivity contribution < 1.29 is 18.8 Å². The van der Waals surface area contributed by atoms with E-state index in [0.717, 1.165) is 19.3 Å². The summed E-state index contributed by atoms with van der Waals surface area (Å²) in [4.78, 5) is 24.0. The van der Waals surface area contributed by atoms with Gasteiger partial charge in [0.2, 0.25) is 0 Å². The number of rotatable bonds is 5. The van der Waals surface area contributed by atoms with E-state index in [9.17, 15) is 9.59 Å². The molecule has 0 saturated heterocycles. The van der Waals surface area contributed by atoms with Crippen molar-refractivity contribution in [1.29, 1.82) is 0 Å². The van der Waals surface area contributed by atoms with E-state index in [2.05, 4.69) is 17.4 Å². The Morgan fingerprint density at radius 2 is 2.09 bits per heavy atom. The van der Waals surface area contributed by atoms with Crippen LogP contribution < -0.4 is 5.32 Å². The van der Waals surface area contributed by atoms with E-state index >= 15 is 0 Å². The monoisotopic (exact) mass is 308 g/mol. The lowest BCUT2D eigenvalue weighted by molar-refractivity contribution is -0.125. The van der Waals surface area contributed by atoms with Crippen LogP contribution in [0.25, 0.3) is 0 Å². The fraction of sp³-hybridized carbons (Fsp3) is 0.688. The minimum Gasteiger partial charge on any atom is -0.452 e. The summed E-state index contributed by atoms with van der Waals surface area (Å²) in [6, 6.07) is 0.184. The van der Waals surface area contributed by atoms with Gasteiger partial charge in [0, 0.05) is 6.04 Å². The van der Waals surface area contributed by atoms with E-state index in [0.29, 0.717) is 29.4 Å². The number of amides is 1. The maximum absolute atomic E-state index is 12.1. The molecule has 0 bridgehead atoms. The third-order valence-corrected chi connectivity index (χ3v) is 4.26. The van der Waals surface area contributed by atoms with Crippen LogP contribution in [0, 0.1) is 12.8 Å². The molecule has 6 heteroatoms. The molecule has 0 unspecified atom stereocenters. The Morgan fingerprint density at radius 1 is 1.36 bits per heavy atom. The minimum absolute atomic E-state index is 0.184. The van der Waals surface area contributed by atoms with Crippen molar-refractivity contribution in [2.24, 2.45) is 5.92 Å². The maximum atomic E-state index is 12.1. The molecule has 122 valence electrons. The number of ether oxygens (including phenoxy) is 1. The minimum atomic E-state index is -0.553. The van der Waals surface area contributed by atoms with E-state index in [4.69, 9.17) is 9.26 Å². The van der Waals surface area contributed by atoms with Crippen molar-refractivity contribution >= 4 is 11.9 Å². The van der Waals surface area contributed by atoms with Crippen LogP contribution in [0.4, 0.5) is 0 Å². The van der Waals surface area contributed by atoms with Gasteiger partial charge in [0.25, 0.3) is 5.91 Å². The highest BCUT2D eigenvalue weighted by Crippen LogP contribution is 2.23. The van der Waals surface area contributed by atoms with Crippen molar-refractivity contribution in [1.82, 2.24) is 10.5 Å². The van der Waals surface area contributed by atoms with Crippen molar-refractivity contribution in [2.45, 2.75) is 58.9 Å². The predicted molar refractivity (Wildman–Crippen MR) is 80.5 cm³/mol. The second-order valence-electron chi connectivity index (χ2n) is 5.93. The van der Waals surface area contributed by atoms with Crippen molar-refractivity contribution in [3.05, 3.63) is 17.0 Å². The fourth-order valence-electron chi connectivity index (χ4n) is 2.90.